The van der Waals surface area contributed by atoms with Crippen LogP contribution in [-0.4, -0.2) is 22.0 Å². The fourth-order valence-corrected chi connectivity index (χ4v) is 2.00. The molecule has 0 radical (unpaired) electrons. The number of halogens is 2. The zero-order valence-electron chi connectivity index (χ0n) is 10.2. The number of rotatable bonds is 4. The predicted molar refractivity (Wildman–Crippen MR) is 67.9 cm³/mol. The molecule has 0 amide bonds. The van der Waals surface area contributed by atoms with Crippen molar-refractivity contribution in [2.75, 3.05) is 7.05 Å². The lowest BCUT2D eigenvalue weighted by molar-refractivity contribution is 0.553. The van der Waals surface area contributed by atoms with Crippen molar-refractivity contribution in [2.45, 2.75) is 12.5 Å². The van der Waals surface area contributed by atoms with Gasteiger partial charge in [-0.25, -0.2) is 4.39 Å². The Morgan fingerprint density at radius 1 is 1.50 bits per heavy atom. The molecule has 1 aromatic heterocycles. The molecule has 1 N–H and O–H groups in total. The van der Waals surface area contributed by atoms with Gasteiger partial charge in [-0.15, -0.1) is 0 Å². The van der Waals surface area contributed by atoms with E-state index in [0.29, 0.717) is 6.42 Å². The molecule has 2 rings (SSSR count). The van der Waals surface area contributed by atoms with E-state index in [1.54, 1.807) is 19.3 Å². The Bertz CT molecular complexity index is 541. The first-order valence-electron chi connectivity index (χ1n) is 5.58. The fourth-order valence-electron chi connectivity index (χ4n) is 1.80. The summed E-state index contributed by atoms with van der Waals surface area (Å²) in [6.45, 7) is 0. The van der Waals surface area contributed by atoms with Crippen molar-refractivity contribution in [1.82, 2.24) is 20.3 Å². The first kappa shape index (κ1) is 13.0. The van der Waals surface area contributed by atoms with Crippen molar-refractivity contribution in [2.24, 2.45) is 7.05 Å². The SMILES string of the molecule is CNC(Cc1cccc(F)c1Cl)c1cnn(C)n1. The smallest absolute Gasteiger partial charge is 0.142 e. The van der Waals surface area contributed by atoms with Crippen molar-refractivity contribution in [3.8, 4) is 0 Å². The molecule has 18 heavy (non-hydrogen) atoms. The van der Waals surface area contributed by atoms with Gasteiger partial charge in [0.05, 0.1) is 23.0 Å². The van der Waals surface area contributed by atoms with Gasteiger partial charge in [0.25, 0.3) is 0 Å². The maximum absolute atomic E-state index is 13.4. The molecule has 1 heterocycles. The van der Waals surface area contributed by atoms with Gasteiger partial charge in [0.1, 0.15) is 5.82 Å². The average Bonchev–Trinajstić information content (AvgIpc) is 2.78. The molecule has 6 heteroatoms. The van der Waals surface area contributed by atoms with Gasteiger partial charge in [-0.05, 0) is 25.1 Å². The molecule has 2 aromatic rings. The molecule has 0 aliphatic rings. The second-order valence-electron chi connectivity index (χ2n) is 4.02. The minimum Gasteiger partial charge on any atom is -0.311 e. The number of aromatic nitrogens is 3. The summed E-state index contributed by atoms with van der Waals surface area (Å²) in [6.07, 6.45) is 2.25. The summed E-state index contributed by atoms with van der Waals surface area (Å²) in [5, 5.41) is 11.6. The molecule has 0 aliphatic heterocycles. The summed E-state index contributed by atoms with van der Waals surface area (Å²) < 4.78 is 13.4. The Kier molecular flexibility index (Phi) is 3.93. The summed E-state index contributed by atoms with van der Waals surface area (Å²) in [7, 11) is 3.58. The van der Waals surface area contributed by atoms with E-state index in [0.717, 1.165) is 11.3 Å². The number of nitrogens with one attached hydrogen (secondary N) is 1. The van der Waals surface area contributed by atoms with Crippen LogP contribution in [0.2, 0.25) is 5.02 Å². The molecule has 0 aliphatic carbocycles. The molecular weight excluding hydrogens is 255 g/mol. The van der Waals surface area contributed by atoms with Crippen LogP contribution < -0.4 is 5.32 Å². The summed E-state index contributed by atoms with van der Waals surface area (Å²) in [5.41, 5.74) is 1.56. The van der Waals surface area contributed by atoms with E-state index < -0.39 is 5.82 Å². The van der Waals surface area contributed by atoms with Crippen molar-refractivity contribution in [3.05, 3.63) is 46.5 Å². The third-order valence-corrected chi connectivity index (χ3v) is 3.20. The predicted octanol–water partition coefficient (Wildman–Crippen LogP) is 2.11. The largest absolute Gasteiger partial charge is 0.311 e. The minimum atomic E-state index is -0.400. The Morgan fingerprint density at radius 3 is 2.89 bits per heavy atom. The quantitative estimate of drug-likeness (QED) is 0.924. The molecule has 0 fully saturated rings. The molecule has 0 saturated heterocycles. The van der Waals surface area contributed by atoms with Gasteiger partial charge in [-0.2, -0.15) is 15.0 Å². The van der Waals surface area contributed by atoms with E-state index in [9.17, 15) is 4.39 Å². The van der Waals surface area contributed by atoms with Gasteiger partial charge in [-0.3, -0.25) is 0 Å². The van der Waals surface area contributed by atoms with Crippen LogP contribution in [0.1, 0.15) is 17.3 Å². The van der Waals surface area contributed by atoms with Crippen molar-refractivity contribution in [3.63, 3.8) is 0 Å². The maximum atomic E-state index is 13.4. The van der Waals surface area contributed by atoms with Crippen LogP contribution in [0.15, 0.2) is 24.4 Å². The Labute approximate surface area is 110 Å². The lowest BCUT2D eigenvalue weighted by atomic mass is 10.0. The van der Waals surface area contributed by atoms with E-state index in [1.807, 2.05) is 13.1 Å². The minimum absolute atomic E-state index is 0.0435. The Balaban J connectivity index is 2.23. The number of hydrogen-bond donors (Lipinski definition) is 1. The second kappa shape index (κ2) is 5.46. The highest BCUT2D eigenvalue weighted by Crippen LogP contribution is 2.24. The normalized spacial score (nSPS) is 12.7. The average molecular weight is 269 g/mol. The van der Waals surface area contributed by atoms with Gasteiger partial charge in [0.2, 0.25) is 0 Å². The van der Waals surface area contributed by atoms with Crippen LogP contribution in [0.4, 0.5) is 4.39 Å². The zero-order chi connectivity index (χ0) is 13.1. The molecular formula is C12H14ClFN4. The zero-order valence-corrected chi connectivity index (χ0v) is 10.9. The second-order valence-corrected chi connectivity index (χ2v) is 4.40. The third kappa shape index (κ3) is 2.68. The summed E-state index contributed by atoms with van der Waals surface area (Å²) in [5.74, 6) is -0.400. The number of hydrogen-bond acceptors (Lipinski definition) is 3. The van der Waals surface area contributed by atoms with E-state index in [4.69, 9.17) is 11.6 Å². The first-order chi connectivity index (χ1) is 8.61. The molecule has 1 unspecified atom stereocenters. The monoisotopic (exact) mass is 268 g/mol. The molecule has 4 nitrogen and oxygen atoms in total. The summed E-state index contributed by atoms with van der Waals surface area (Å²) in [6, 6.07) is 4.77. The van der Waals surface area contributed by atoms with E-state index in [1.165, 1.54) is 10.9 Å². The number of benzene rings is 1. The maximum Gasteiger partial charge on any atom is 0.142 e. The highest BCUT2D eigenvalue weighted by Gasteiger charge is 2.16. The van der Waals surface area contributed by atoms with Crippen LogP contribution in [0.5, 0.6) is 0 Å². The van der Waals surface area contributed by atoms with Crippen LogP contribution in [0.25, 0.3) is 0 Å². The lowest BCUT2D eigenvalue weighted by Crippen LogP contribution is -2.20. The highest BCUT2D eigenvalue weighted by molar-refractivity contribution is 6.31. The van der Waals surface area contributed by atoms with E-state index in [2.05, 4.69) is 15.5 Å². The number of likely N-dealkylation sites (N-methyl/N-ethyl adjacent to an activating group) is 1. The van der Waals surface area contributed by atoms with Crippen LogP contribution in [-0.2, 0) is 13.5 Å². The van der Waals surface area contributed by atoms with Gasteiger partial charge in [0.15, 0.2) is 0 Å². The number of aryl methyl sites for hydroxylation is 1. The molecule has 1 aromatic carbocycles. The van der Waals surface area contributed by atoms with E-state index in [-0.39, 0.29) is 11.1 Å². The van der Waals surface area contributed by atoms with Gasteiger partial charge >= 0.3 is 0 Å². The van der Waals surface area contributed by atoms with Crippen molar-refractivity contribution >= 4 is 11.6 Å². The van der Waals surface area contributed by atoms with Crippen LogP contribution in [0, 0.1) is 5.82 Å². The Hall–Kier alpha value is -1.46. The topological polar surface area (TPSA) is 42.7 Å². The molecule has 1 atom stereocenters. The van der Waals surface area contributed by atoms with Crippen LogP contribution >= 0.6 is 11.6 Å². The number of nitrogens with zero attached hydrogens (tertiary/aromatic N) is 3. The summed E-state index contributed by atoms with van der Waals surface area (Å²) in [4.78, 5) is 1.49. The molecule has 96 valence electrons. The van der Waals surface area contributed by atoms with Gasteiger partial charge in [0, 0.05) is 7.05 Å². The van der Waals surface area contributed by atoms with Crippen molar-refractivity contribution in [1.29, 1.82) is 0 Å². The highest BCUT2D eigenvalue weighted by atomic mass is 35.5. The van der Waals surface area contributed by atoms with E-state index >= 15 is 0 Å². The van der Waals surface area contributed by atoms with Crippen LogP contribution in [0.3, 0.4) is 0 Å². The molecule has 0 spiro atoms. The lowest BCUT2D eigenvalue weighted by Gasteiger charge is -2.14. The molecule has 0 bridgehead atoms. The fraction of sp³-hybridized carbons (Fsp3) is 0.333. The standard InChI is InChI=1S/C12H14ClFN4/c1-15-10(11-7-16-18(2)17-11)6-8-4-3-5-9(14)12(8)13/h3-5,7,10,15H,6H2,1-2H3. The molecule has 0 saturated carbocycles. The first-order valence-corrected chi connectivity index (χ1v) is 5.96. The Morgan fingerprint density at radius 2 is 2.28 bits per heavy atom. The van der Waals surface area contributed by atoms with Crippen molar-refractivity contribution < 1.29 is 4.39 Å². The summed E-state index contributed by atoms with van der Waals surface area (Å²) >= 11 is 5.94. The third-order valence-electron chi connectivity index (χ3n) is 2.78. The van der Waals surface area contributed by atoms with Gasteiger partial charge < -0.3 is 5.32 Å². The van der Waals surface area contributed by atoms with Gasteiger partial charge in [-0.1, -0.05) is 23.7 Å².